The number of hydrogen-bond acceptors (Lipinski definition) is 5. The summed E-state index contributed by atoms with van der Waals surface area (Å²) in [5, 5.41) is 0.851. The standard InChI is InChI=1S/C7H10BrN3OS/c1-12-2-3-13-7-5(8)6(9)10-4-11-7/h4H,2-3H2,1H3,(H2,9,10,11). The average Bonchev–Trinajstić information content (AvgIpc) is 2.13. The summed E-state index contributed by atoms with van der Waals surface area (Å²) in [4.78, 5) is 7.92. The summed E-state index contributed by atoms with van der Waals surface area (Å²) in [5.74, 6) is 1.32. The summed E-state index contributed by atoms with van der Waals surface area (Å²) >= 11 is 4.90. The van der Waals surface area contributed by atoms with Gasteiger partial charge in [-0.25, -0.2) is 9.97 Å². The minimum absolute atomic E-state index is 0.468. The zero-order valence-corrected chi connectivity index (χ0v) is 9.56. The molecule has 0 aliphatic rings. The van der Waals surface area contributed by atoms with E-state index in [4.69, 9.17) is 10.5 Å². The van der Waals surface area contributed by atoms with Crippen LogP contribution in [-0.4, -0.2) is 29.4 Å². The third-order valence-electron chi connectivity index (χ3n) is 1.31. The van der Waals surface area contributed by atoms with Gasteiger partial charge in [0.25, 0.3) is 0 Å². The van der Waals surface area contributed by atoms with E-state index in [1.165, 1.54) is 6.33 Å². The van der Waals surface area contributed by atoms with Crippen molar-refractivity contribution in [3.05, 3.63) is 10.8 Å². The fourth-order valence-corrected chi connectivity index (χ4v) is 2.03. The highest BCUT2D eigenvalue weighted by Crippen LogP contribution is 2.27. The van der Waals surface area contributed by atoms with Gasteiger partial charge < -0.3 is 10.5 Å². The monoisotopic (exact) mass is 263 g/mol. The van der Waals surface area contributed by atoms with Crippen molar-refractivity contribution in [2.45, 2.75) is 5.03 Å². The van der Waals surface area contributed by atoms with Crippen LogP contribution in [0.4, 0.5) is 5.82 Å². The Balaban J connectivity index is 2.61. The lowest BCUT2D eigenvalue weighted by atomic mass is 10.6. The van der Waals surface area contributed by atoms with Crippen molar-refractivity contribution in [2.75, 3.05) is 25.2 Å². The predicted molar refractivity (Wildman–Crippen MR) is 56.7 cm³/mol. The number of anilines is 1. The zero-order chi connectivity index (χ0) is 9.68. The number of aromatic nitrogens is 2. The van der Waals surface area contributed by atoms with E-state index in [-0.39, 0.29) is 0 Å². The summed E-state index contributed by atoms with van der Waals surface area (Å²) in [6.07, 6.45) is 1.45. The van der Waals surface area contributed by atoms with Crippen molar-refractivity contribution < 1.29 is 4.74 Å². The van der Waals surface area contributed by atoms with Gasteiger partial charge >= 0.3 is 0 Å². The van der Waals surface area contributed by atoms with E-state index in [2.05, 4.69) is 25.9 Å². The molecule has 1 aromatic heterocycles. The van der Waals surface area contributed by atoms with E-state index in [9.17, 15) is 0 Å². The normalized spacial score (nSPS) is 10.3. The molecule has 0 saturated carbocycles. The van der Waals surface area contributed by atoms with Crippen LogP contribution in [-0.2, 0) is 4.74 Å². The Bertz CT molecular complexity index is 284. The third-order valence-corrected chi connectivity index (χ3v) is 3.31. The van der Waals surface area contributed by atoms with Crippen LogP contribution in [0.5, 0.6) is 0 Å². The molecule has 0 amide bonds. The van der Waals surface area contributed by atoms with Crippen molar-refractivity contribution >= 4 is 33.5 Å². The molecule has 13 heavy (non-hydrogen) atoms. The molecular formula is C7H10BrN3OS. The second-order valence-corrected chi connectivity index (χ2v) is 4.10. The van der Waals surface area contributed by atoms with Crippen molar-refractivity contribution in [3.63, 3.8) is 0 Å². The first-order valence-corrected chi connectivity index (χ1v) is 5.41. The van der Waals surface area contributed by atoms with Gasteiger partial charge in [-0.15, -0.1) is 11.8 Å². The molecule has 0 radical (unpaired) electrons. The zero-order valence-electron chi connectivity index (χ0n) is 7.16. The largest absolute Gasteiger partial charge is 0.384 e. The van der Waals surface area contributed by atoms with Gasteiger partial charge in [-0.1, -0.05) is 0 Å². The number of nitrogens with zero attached hydrogens (tertiary/aromatic N) is 2. The van der Waals surface area contributed by atoms with Crippen LogP contribution < -0.4 is 5.73 Å². The Morgan fingerprint density at radius 1 is 1.62 bits per heavy atom. The highest BCUT2D eigenvalue weighted by Gasteiger charge is 2.05. The Hall–Kier alpha value is -0.330. The van der Waals surface area contributed by atoms with E-state index < -0.39 is 0 Å². The molecule has 1 aromatic rings. The lowest BCUT2D eigenvalue weighted by molar-refractivity contribution is 0.218. The molecule has 6 heteroatoms. The van der Waals surface area contributed by atoms with Crippen molar-refractivity contribution in [3.8, 4) is 0 Å². The van der Waals surface area contributed by atoms with Gasteiger partial charge in [0.1, 0.15) is 17.2 Å². The molecule has 0 aliphatic heterocycles. The van der Waals surface area contributed by atoms with E-state index in [0.717, 1.165) is 15.3 Å². The number of nitrogen functional groups attached to an aromatic ring is 1. The maximum atomic E-state index is 5.58. The lowest BCUT2D eigenvalue weighted by Crippen LogP contribution is -1.97. The second kappa shape index (κ2) is 5.41. The Morgan fingerprint density at radius 2 is 2.38 bits per heavy atom. The second-order valence-electron chi connectivity index (χ2n) is 2.22. The molecule has 1 heterocycles. The van der Waals surface area contributed by atoms with Gasteiger partial charge in [0.05, 0.1) is 11.1 Å². The number of rotatable bonds is 4. The molecule has 0 spiro atoms. The number of methoxy groups -OCH3 is 1. The SMILES string of the molecule is COCCSc1ncnc(N)c1Br. The number of thioether (sulfide) groups is 1. The van der Waals surface area contributed by atoms with Gasteiger partial charge in [0.15, 0.2) is 0 Å². The molecule has 0 bridgehead atoms. The number of ether oxygens (including phenoxy) is 1. The smallest absolute Gasteiger partial charge is 0.142 e. The Morgan fingerprint density at radius 3 is 3.08 bits per heavy atom. The van der Waals surface area contributed by atoms with Crippen LogP contribution in [0.15, 0.2) is 15.8 Å². The fourth-order valence-electron chi connectivity index (χ4n) is 0.689. The summed E-state index contributed by atoms with van der Waals surface area (Å²) in [6.45, 7) is 0.695. The van der Waals surface area contributed by atoms with Crippen LogP contribution in [0.3, 0.4) is 0 Å². The molecule has 0 aromatic carbocycles. The molecule has 0 unspecified atom stereocenters. The molecule has 0 fully saturated rings. The maximum absolute atomic E-state index is 5.58. The summed E-state index contributed by atoms with van der Waals surface area (Å²) in [5.41, 5.74) is 5.58. The third kappa shape index (κ3) is 3.13. The number of hydrogen-bond donors (Lipinski definition) is 1. The molecule has 0 aliphatic carbocycles. The molecule has 0 saturated heterocycles. The molecular weight excluding hydrogens is 254 g/mol. The van der Waals surface area contributed by atoms with Gasteiger partial charge in [-0.3, -0.25) is 0 Å². The molecule has 1 rings (SSSR count). The van der Waals surface area contributed by atoms with E-state index in [1.54, 1.807) is 18.9 Å². The first-order chi connectivity index (χ1) is 6.25. The summed E-state index contributed by atoms with van der Waals surface area (Å²) < 4.78 is 5.68. The first kappa shape index (κ1) is 10.7. The molecule has 2 N–H and O–H groups in total. The van der Waals surface area contributed by atoms with Crippen LogP contribution in [0.1, 0.15) is 0 Å². The van der Waals surface area contributed by atoms with Gasteiger partial charge in [-0.2, -0.15) is 0 Å². The van der Waals surface area contributed by atoms with Crippen LogP contribution in [0, 0.1) is 0 Å². The fraction of sp³-hybridized carbons (Fsp3) is 0.429. The minimum atomic E-state index is 0.468. The van der Waals surface area contributed by atoms with E-state index in [1.807, 2.05) is 0 Å². The van der Waals surface area contributed by atoms with Gasteiger partial charge in [0, 0.05) is 12.9 Å². The average molecular weight is 264 g/mol. The van der Waals surface area contributed by atoms with E-state index in [0.29, 0.717) is 12.4 Å². The molecule has 0 atom stereocenters. The highest BCUT2D eigenvalue weighted by atomic mass is 79.9. The van der Waals surface area contributed by atoms with Crippen LogP contribution >= 0.6 is 27.7 Å². The highest BCUT2D eigenvalue weighted by molar-refractivity contribution is 9.10. The predicted octanol–water partition coefficient (Wildman–Crippen LogP) is 1.56. The topological polar surface area (TPSA) is 61.0 Å². The number of nitrogens with two attached hydrogens (primary N) is 1. The molecule has 4 nitrogen and oxygen atoms in total. The van der Waals surface area contributed by atoms with E-state index >= 15 is 0 Å². The minimum Gasteiger partial charge on any atom is -0.384 e. The van der Waals surface area contributed by atoms with Crippen molar-refractivity contribution in [1.82, 2.24) is 9.97 Å². The lowest BCUT2D eigenvalue weighted by Gasteiger charge is -2.03. The summed E-state index contributed by atoms with van der Waals surface area (Å²) in [6, 6.07) is 0. The van der Waals surface area contributed by atoms with Crippen molar-refractivity contribution in [2.24, 2.45) is 0 Å². The molecule has 72 valence electrons. The maximum Gasteiger partial charge on any atom is 0.142 e. The van der Waals surface area contributed by atoms with Gasteiger partial charge in [-0.05, 0) is 15.9 Å². The Labute approximate surface area is 89.4 Å². The van der Waals surface area contributed by atoms with Crippen LogP contribution in [0.25, 0.3) is 0 Å². The van der Waals surface area contributed by atoms with Gasteiger partial charge in [0.2, 0.25) is 0 Å². The Kier molecular flexibility index (Phi) is 4.47. The quantitative estimate of drug-likeness (QED) is 0.508. The van der Waals surface area contributed by atoms with Crippen LogP contribution in [0.2, 0.25) is 0 Å². The summed E-state index contributed by atoms with van der Waals surface area (Å²) in [7, 11) is 1.67. The van der Waals surface area contributed by atoms with Crippen molar-refractivity contribution in [1.29, 1.82) is 0 Å². The first-order valence-electron chi connectivity index (χ1n) is 3.63. The number of halogens is 1.